The Bertz CT molecular complexity index is 1020. The molecule has 0 spiro atoms. The second-order valence-electron chi connectivity index (χ2n) is 6.49. The second-order valence-corrected chi connectivity index (χ2v) is 6.49. The molecular weight excluding hydrogens is 348 g/mol. The summed E-state index contributed by atoms with van der Waals surface area (Å²) >= 11 is 0. The summed E-state index contributed by atoms with van der Waals surface area (Å²) in [6.07, 6.45) is 2.74. The molecule has 2 aromatic heterocycles. The van der Waals surface area contributed by atoms with Gasteiger partial charge in [0.1, 0.15) is 5.82 Å². The Hall–Kier alpha value is -3.16. The molecule has 3 aromatic rings. The Kier molecular flexibility index (Phi) is 4.18. The molecule has 0 saturated heterocycles. The average molecular weight is 368 g/mol. The van der Waals surface area contributed by atoms with Crippen LogP contribution in [0.2, 0.25) is 0 Å². The van der Waals surface area contributed by atoms with Crippen LogP contribution in [0.3, 0.4) is 0 Å². The zero-order valence-corrected chi connectivity index (χ0v) is 15.6. The lowest BCUT2D eigenvalue weighted by molar-refractivity contribution is 0.0962. The first kappa shape index (κ1) is 17.3. The average Bonchev–Trinajstić information content (AvgIpc) is 3.04. The monoisotopic (exact) mass is 368 g/mol. The molecule has 4 rings (SSSR count). The second kappa shape index (κ2) is 6.53. The molecule has 0 saturated carbocycles. The van der Waals surface area contributed by atoms with Crippen molar-refractivity contribution in [3.63, 3.8) is 0 Å². The molecule has 2 heterocycles. The van der Waals surface area contributed by atoms with Crippen LogP contribution in [0.4, 0.5) is 0 Å². The van der Waals surface area contributed by atoms with Crippen LogP contribution in [0.1, 0.15) is 39.8 Å². The van der Waals surface area contributed by atoms with Crippen LogP contribution < -0.4 is 14.2 Å². The summed E-state index contributed by atoms with van der Waals surface area (Å²) in [5.41, 5.74) is 2.30. The van der Waals surface area contributed by atoms with E-state index in [1.54, 1.807) is 39.0 Å². The molecule has 0 bridgehead atoms. The minimum atomic E-state index is -0.0299. The highest BCUT2D eigenvalue weighted by atomic mass is 16.5. The van der Waals surface area contributed by atoms with Crippen molar-refractivity contribution in [3.05, 3.63) is 41.0 Å². The van der Waals surface area contributed by atoms with E-state index in [1.165, 1.54) is 0 Å². The minimum absolute atomic E-state index is 0.0299. The number of carbonyl (C=O) groups excluding carboxylic acids is 1. The molecule has 1 atom stereocenters. The minimum Gasteiger partial charge on any atom is -0.493 e. The maximum Gasteiger partial charge on any atom is 0.252 e. The number of aromatic nitrogens is 4. The van der Waals surface area contributed by atoms with Gasteiger partial charge < -0.3 is 14.2 Å². The molecule has 1 aliphatic rings. The molecule has 1 aliphatic carbocycles. The van der Waals surface area contributed by atoms with Gasteiger partial charge in [0.05, 0.1) is 32.6 Å². The van der Waals surface area contributed by atoms with E-state index < -0.39 is 0 Å². The van der Waals surface area contributed by atoms with E-state index in [1.807, 2.05) is 12.1 Å². The Labute approximate surface area is 156 Å². The third kappa shape index (κ3) is 2.87. The van der Waals surface area contributed by atoms with E-state index in [0.29, 0.717) is 47.3 Å². The third-order valence-electron chi connectivity index (χ3n) is 4.85. The van der Waals surface area contributed by atoms with Gasteiger partial charge in [0, 0.05) is 12.6 Å². The van der Waals surface area contributed by atoms with Gasteiger partial charge in [-0.3, -0.25) is 4.79 Å². The molecule has 0 aliphatic heterocycles. The summed E-state index contributed by atoms with van der Waals surface area (Å²) in [7, 11) is 4.72. The standard InChI is InChI=1S/C19H20N4O4/c1-10-20-19-21-14-5-11(6-15(24)13(14)9-23(19)22-10)12-7-16(25-2)18(27-4)17(8-12)26-3/h7-9,11H,5-6H2,1-4H3. The highest BCUT2D eigenvalue weighted by molar-refractivity contribution is 5.98. The van der Waals surface area contributed by atoms with Gasteiger partial charge in [0.15, 0.2) is 17.3 Å². The van der Waals surface area contributed by atoms with Gasteiger partial charge in [-0.1, -0.05) is 0 Å². The van der Waals surface area contributed by atoms with Gasteiger partial charge in [0.2, 0.25) is 5.75 Å². The Morgan fingerprint density at radius 1 is 1.04 bits per heavy atom. The van der Waals surface area contributed by atoms with Gasteiger partial charge in [-0.2, -0.15) is 10.1 Å². The van der Waals surface area contributed by atoms with Gasteiger partial charge in [-0.05, 0) is 37.0 Å². The van der Waals surface area contributed by atoms with Crippen LogP contribution in [0.15, 0.2) is 18.3 Å². The van der Waals surface area contributed by atoms with Gasteiger partial charge in [-0.25, -0.2) is 9.50 Å². The summed E-state index contributed by atoms with van der Waals surface area (Å²) in [6.45, 7) is 1.80. The molecule has 1 aromatic carbocycles. The predicted octanol–water partition coefficient (Wildman–Crippen LogP) is 2.37. The molecule has 8 heteroatoms. The number of ether oxygens (including phenoxy) is 3. The zero-order chi connectivity index (χ0) is 19.1. The van der Waals surface area contributed by atoms with Crippen LogP contribution in [-0.2, 0) is 6.42 Å². The largest absolute Gasteiger partial charge is 0.493 e. The van der Waals surface area contributed by atoms with E-state index in [9.17, 15) is 4.79 Å². The van der Waals surface area contributed by atoms with Crippen LogP contribution in [-0.4, -0.2) is 46.7 Å². The van der Waals surface area contributed by atoms with Gasteiger partial charge in [-0.15, -0.1) is 0 Å². The van der Waals surface area contributed by atoms with E-state index in [2.05, 4.69) is 15.1 Å². The molecule has 27 heavy (non-hydrogen) atoms. The summed E-state index contributed by atoms with van der Waals surface area (Å²) in [5.74, 6) is 2.81. The fraction of sp³-hybridized carbons (Fsp3) is 0.368. The lowest BCUT2D eigenvalue weighted by atomic mass is 9.82. The highest BCUT2D eigenvalue weighted by Crippen LogP contribution is 2.42. The number of nitrogens with zero attached hydrogens (tertiary/aromatic N) is 4. The van der Waals surface area contributed by atoms with Crippen LogP contribution in [0, 0.1) is 6.92 Å². The van der Waals surface area contributed by atoms with Gasteiger partial charge in [0.25, 0.3) is 5.78 Å². The SMILES string of the molecule is COc1cc(C2CC(=O)c3cn4nc(C)nc4nc3C2)cc(OC)c1OC. The number of benzene rings is 1. The lowest BCUT2D eigenvalue weighted by Crippen LogP contribution is -2.21. The van der Waals surface area contributed by atoms with Crippen molar-refractivity contribution in [1.29, 1.82) is 0 Å². The normalized spacial score (nSPS) is 16.3. The number of Topliss-reactive ketones (excluding diaryl/α,β-unsaturated/α-hetero) is 1. The van der Waals surface area contributed by atoms with Crippen molar-refractivity contribution in [3.8, 4) is 17.2 Å². The Balaban J connectivity index is 1.76. The van der Waals surface area contributed by atoms with Crippen LogP contribution in [0.25, 0.3) is 5.78 Å². The van der Waals surface area contributed by atoms with Crippen molar-refractivity contribution in [2.45, 2.75) is 25.7 Å². The van der Waals surface area contributed by atoms with E-state index in [0.717, 1.165) is 11.3 Å². The molecule has 0 radical (unpaired) electrons. The fourth-order valence-corrected chi connectivity index (χ4v) is 3.56. The number of fused-ring (bicyclic) bond motifs is 2. The number of hydrogen-bond acceptors (Lipinski definition) is 7. The Morgan fingerprint density at radius 3 is 2.37 bits per heavy atom. The summed E-state index contributed by atoms with van der Waals surface area (Å²) in [6, 6.07) is 3.79. The Morgan fingerprint density at radius 2 is 1.74 bits per heavy atom. The number of ketones is 1. The number of hydrogen-bond donors (Lipinski definition) is 0. The van der Waals surface area contributed by atoms with Gasteiger partial charge >= 0.3 is 0 Å². The summed E-state index contributed by atoms with van der Waals surface area (Å²) in [5, 5.41) is 4.24. The van der Waals surface area contributed by atoms with Crippen molar-refractivity contribution in [2.75, 3.05) is 21.3 Å². The van der Waals surface area contributed by atoms with Crippen molar-refractivity contribution in [2.24, 2.45) is 0 Å². The summed E-state index contributed by atoms with van der Waals surface area (Å²) in [4.78, 5) is 21.6. The van der Waals surface area contributed by atoms with Crippen molar-refractivity contribution < 1.29 is 19.0 Å². The summed E-state index contributed by atoms with van der Waals surface area (Å²) < 4.78 is 17.8. The molecule has 0 amide bonds. The fourth-order valence-electron chi connectivity index (χ4n) is 3.56. The molecule has 0 fully saturated rings. The van der Waals surface area contributed by atoms with E-state index in [-0.39, 0.29) is 11.7 Å². The first-order chi connectivity index (χ1) is 13.0. The van der Waals surface area contributed by atoms with E-state index in [4.69, 9.17) is 14.2 Å². The van der Waals surface area contributed by atoms with E-state index >= 15 is 0 Å². The maximum absolute atomic E-state index is 12.8. The molecule has 1 unspecified atom stereocenters. The number of rotatable bonds is 4. The molecular formula is C19H20N4O4. The molecule has 0 N–H and O–H groups in total. The smallest absolute Gasteiger partial charge is 0.252 e. The third-order valence-corrected chi connectivity index (χ3v) is 4.85. The molecule has 140 valence electrons. The highest BCUT2D eigenvalue weighted by Gasteiger charge is 2.30. The van der Waals surface area contributed by atoms with Crippen molar-refractivity contribution >= 4 is 11.6 Å². The van der Waals surface area contributed by atoms with Crippen LogP contribution in [0.5, 0.6) is 17.2 Å². The maximum atomic E-state index is 12.8. The topological polar surface area (TPSA) is 87.8 Å². The number of carbonyl (C=O) groups is 1. The lowest BCUT2D eigenvalue weighted by Gasteiger charge is -2.24. The zero-order valence-electron chi connectivity index (χ0n) is 15.6. The number of aryl methyl sites for hydroxylation is 1. The first-order valence-electron chi connectivity index (χ1n) is 8.60. The van der Waals surface area contributed by atoms with Crippen molar-refractivity contribution in [1.82, 2.24) is 19.6 Å². The quantitative estimate of drug-likeness (QED) is 0.698. The molecule has 8 nitrogen and oxygen atoms in total. The first-order valence-corrected chi connectivity index (χ1v) is 8.60. The predicted molar refractivity (Wildman–Crippen MR) is 97.0 cm³/mol. The van der Waals surface area contributed by atoms with Crippen LogP contribution >= 0.6 is 0 Å². The number of methoxy groups -OCH3 is 3.